The monoisotopic (exact) mass is 576 g/mol. The molecule has 0 aromatic heterocycles. The highest BCUT2D eigenvalue weighted by atomic mass is 19.4. The third-order valence-electron chi connectivity index (χ3n) is 8.97. The molecular formula is C30H35F3N2O6. The number of piperidine rings is 2. The molecule has 5 rings (SSSR count). The number of hydrogen-bond donors (Lipinski definition) is 2. The molecule has 0 bridgehead atoms. The first kappa shape index (κ1) is 29.3. The number of ether oxygens (including phenoxy) is 3. The maximum Gasteiger partial charge on any atom is 0.430 e. The molecule has 3 fully saturated rings. The van der Waals surface area contributed by atoms with Crippen LogP contribution in [0.3, 0.4) is 0 Å². The minimum absolute atomic E-state index is 0.0463. The molecule has 2 amide bonds. The van der Waals surface area contributed by atoms with E-state index in [1.54, 1.807) is 6.07 Å². The minimum atomic E-state index is -4.99. The standard InChI is InChI=1S/C30H35F3N2O6/c1-39-29(30(31,32)33,21-7-3-2-4-8-21)26(38)35-13-11-28(12-14-35)15-25(37)34-16-23(28)22-9-5-6-10-24(22)41-20-27(17-36)18-40-19-27/h2-10,23,36H,11-20H2,1H3,(H,34,37)/t23?,29-/m1/s1. The number of likely N-dealkylation sites (tertiary alicyclic amines) is 1. The normalized spacial score (nSPS) is 23.3. The summed E-state index contributed by atoms with van der Waals surface area (Å²) in [6.07, 6.45) is -4.12. The lowest BCUT2D eigenvalue weighted by atomic mass is 9.62. The molecule has 11 heteroatoms. The van der Waals surface area contributed by atoms with Gasteiger partial charge in [0, 0.05) is 44.6 Å². The van der Waals surface area contributed by atoms with Crippen molar-refractivity contribution in [3.05, 3.63) is 65.7 Å². The van der Waals surface area contributed by atoms with Gasteiger partial charge in [-0.25, -0.2) is 0 Å². The Balaban J connectivity index is 1.39. The maximum atomic E-state index is 14.5. The van der Waals surface area contributed by atoms with Crippen LogP contribution in [0.1, 0.15) is 36.3 Å². The molecule has 3 saturated heterocycles. The average molecular weight is 577 g/mol. The Morgan fingerprint density at radius 1 is 1.10 bits per heavy atom. The molecule has 3 aliphatic heterocycles. The fraction of sp³-hybridized carbons (Fsp3) is 0.533. The number of alkyl halides is 3. The van der Waals surface area contributed by atoms with Gasteiger partial charge < -0.3 is 29.5 Å². The van der Waals surface area contributed by atoms with Gasteiger partial charge in [-0.15, -0.1) is 0 Å². The van der Waals surface area contributed by atoms with Crippen LogP contribution >= 0.6 is 0 Å². The van der Waals surface area contributed by atoms with Gasteiger partial charge in [0.25, 0.3) is 11.5 Å². The van der Waals surface area contributed by atoms with Crippen LogP contribution in [-0.2, 0) is 24.7 Å². The quantitative estimate of drug-likeness (QED) is 0.500. The molecule has 2 atom stereocenters. The van der Waals surface area contributed by atoms with E-state index >= 15 is 0 Å². The van der Waals surface area contributed by atoms with E-state index in [0.29, 0.717) is 38.3 Å². The highest BCUT2D eigenvalue weighted by Crippen LogP contribution is 2.52. The van der Waals surface area contributed by atoms with Gasteiger partial charge >= 0.3 is 6.18 Å². The summed E-state index contributed by atoms with van der Waals surface area (Å²) in [7, 11) is 0.902. The molecule has 222 valence electrons. The zero-order valence-electron chi connectivity index (χ0n) is 22.9. The summed E-state index contributed by atoms with van der Waals surface area (Å²) in [6.45, 7) is 1.45. The molecular weight excluding hydrogens is 541 g/mol. The first-order valence-corrected chi connectivity index (χ1v) is 13.7. The van der Waals surface area contributed by atoms with E-state index in [1.165, 1.54) is 29.2 Å². The molecule has 2 aromatic rings. The van der Waals surface area contributed by atoms with E-state index in [4.69, 9.17) is 14.2 Å². The lowest BCUT2D eigenvalue weighted by Crippen LogP contribution is -2.60. The van der Waals surface area contributed by atoms with Gasteiger partial charge in [-0.1, -0.05) is 48.5 Å². The van der Waals surface area contributed by atoms with Crippen molar-refractivity contribution in [3.63, 3.8) is 0 Å². The number of methoxy groups -OCH3 is 1. The summed E-state index contributed by atoms with van der Waals surface area (Å²) >= 11 is 0. The smallest absolute Gasteiger partial charge is 0.430 e. The van der Waals surface area contributed by atoms with Crippen molar-refractivity contribution >= 4 is 11.8 Å². The number of carbonyl (C=O) groups excluding carboxylic acids is 2. The van der Waals surface area contributed by atoms with Crippen LogP contribution < -0.4 is 10.1 Å². The van der Waals surface area contributed by atoms with Crippen molar-refractivity contribution in [2.24, 2.45) is 10.8 Å². The first-order chi connectivity index (χ1) is 19.6. The molecule has 2 aromatic carbocycles. The van der Waals surface area contributed by atoms with Crippen LogP contribution in [0.15, 0.2) is 54.6 Å². The molecule has 3 aliphatic rings. The Morgan fingerprint density at radius 3 is 2.34 bits per heavy atom. The molecule has 0 radical (unpaired) electrons. The number of nitrogens with one attached hydrogen (secondary N) is 1. The number of aliphatic hydroxyl groups excluding tert-OH is 1. The van der Waals surface area contributed by atoms with Crippen molar-refractivity contribution in [3.8, 4) is 5.75 Å². The largest absolute Gasteiger partial charge is 0.492 e. The summed E-state index contributed by atoms with van der Waals surface area (Å²) in [5.41, 5.74) is -3.56. The number of rotatable bonds is 8. The Bertz CT molecular complexity index is 1240. The third-order valence-corrected chi connectivity index (χ3v) is 8.97. The summed E-state index contributed by atoms with van der Waals surface area (Å²) in [4.78, 5) is 27.5. The van der Waals surface area contributed by atoms with E-state index < -0.39 is 28.5 Å². The van der Waals surface area contributed by atoms with Crippen LogP contribution in [0.5, 0.6) is 5.75 Å². The topological polar surface area (TPSA) is 97.3 Å². The number of hydrogen-bond acceptors (Lipinski definition) is 6. The van der Waals surface area contributed by atoms with Crippen LogP contribution in [0.2, 0.25) is 0 Å². The summed E-state index contributed by atoms with van der Waals surface area (Å²) < 4.78 is 60.1. The van der Waals surface area contributed by atoms with Crippen molar-refractivity contribution in [1.82, 2.24) is 10.2 Å². The molecule has 8 nitrogen and oxygen atoms in total. The van der Waals surface area contributed by atoms with Gasteiger partial charge in [0.2, 0.25) is 5.91 Å². The molecule has 1 unspecified atom stereocenters. The predicted molar refractivity (Wildman–Crippen MR) is 142 cm³/mol. The molecule has 3 heterocycles. The zero-order chi connectivity index (χ0) is 29.3. The zero-order valence-corrected chi connectivity index (χ0v) is 22.9. The summed E-state index contributed by atoms with van der Waals surface area (Å²) in [6, 6.07) is 14.5. The van der Waals surface area contributed by atoms with E-state index in [1.807, 2.05) is 24.3 Å². The van der Waals surface area contributed by atoms with E-state index in [0.717, 1.165) is 12.7 Å². The Morgan fingerprint density at radius 2 is 1.76 bits per heavy atom. The second-order valence-corrected chi connectivity index (χ2v) is 11.4. The molecule has 41 heavy (non-hydrogen) atoms. The number of benzene rings is 2. The van der Waals surface area contributed by atoms with Gasteiger partial charge in [-0.05, 0) is 29.9 Å². The number of halogens is 3. The molecule has 2 N–H and O–H groups in total. The number of para-hydroxylation sites is 1. The fourth-order valence-electron chi connectivity index (χ4n) is 6.42. The Labute approximate surface area is 236 Å². The number of aliphatic hydroxyl groups is 1. The van der Waals surface area contributed by atoms with E-state index in [2.05, 4.69) is 5.32 Å². The van der Waals surface area contributed by atoms with E-state index in [-0.39, 0.29) is 50.1 Å². The van der Waals surface area contributed by atoms with Crippen LogP contribution in [0, 0.1) is 10.8 Å². The lowest BCUT2D eigenvalue weighted by molar-refractivity contribution is -0.271. The predicted octanol–water partition coefficient (Wildman–Crippen LogP) is 3.39. The minimum Gasteiger partial charge on any atom is -0.492 e. The Hall–Kier alpha value is -3.15. The number of carbonyl (C=O) groups is 2. The van der Waals surface area contributed by atoms with Crippen molar-refractivity contribution < 1.29 is 42.1 Å². The van der Waals surface area contributed by atoms with Crippen molar-refractivity contribution in [2.45, 2.75) is 37.0 Å². The molecule has 0 saturated carbocycles. The SMILES string of the molecule is CO[C@@](C(=O)N1CCC2(CC1)CC(=O)NCC2c1ccccc1OCC1(CO)COC1)(c1ccccc1)C(F)(F)F. The van der Waals surface area contributed by atoms with Crippen LogP contribution in [0.4, 0.5) is 13.2 Å². The van der Waals surface area contributed by atoms with Crippen LogP contribution in [0.25, 0.3) is 0 Å². The third kappa shape index (κ3) is 5.19. The van der Waals surface area contributed by atoms with Gasteiger partial charge in [-0.2, -0.15) is 13.2 Å². The van der Waals surface area contributed by atoms with Gasteiger partial charge in [0.05, 0.1) is 25.2 Å². The average Bonchev–Trinajstić information content (AvgIpc) is 2.94. The second kappa shape index (κ2) is 11.3. The van der Waals surface area contributed by atoms with Gasteiger partial charge in [0.15, 0.2) is 0 Å². The molecule has 0 aliphatic carbocycles. The highest BCUT2D eigenvalue weighted by Gasteiger charge is 2.64. The maximum absolute atomic E-state index is 14.5. The summed E-state index contributed by atoms with van der Waals surface area (Å²) in [5, 5.41) is 12.7. The van der Waals surface area contributed by atoms with Crippen molar-refractivity contribution in [1.29, 1.82) is 0 Å². The number of amides is 2. The van der Waals surface area contributed by atoms with E-state index in [9.17, 15) is 27.9 Å². The fourth-order valence-corrected chi connectivity index (χ4v) is 6.42. The number of nitrogens with zero attached hydrogens (tertiary/aromatic N) is 1. The highest BCUT2D eigenvalue weighted by molar-refractivity contribution is 5.88. The van der Waals surface area contributed by atoms with Crippen molar-refractivity contribution in [2.75, 3.05) is 53.2 Å². The van der Waals surface area contributed by atoms with Crippen LogP contribution in [-0.4, -0.2) is 81.2 Å². The van der Waals surface area contributed by atoms with Gasteiger partial charge in [-0.3, -0.25) is 9.59 Å². The summed E-state index contributed by atoms with van der Waals surface area (Å²) in [5.74, 6) is -0.840. The lowest BCUT2D eigenvalue weighted by Gasteiger charge is -2.50. The van der Waals surface area contributed by atoms with Gasteiger partial charge in [0.1, 0.15) is 12.4 Å². The first-order valence-electron chi connectivity index (χ1n) is 13.7. The Kier molecular flexibility index (Phi) is 8.06. The second-order valence-electron chi connectivity index (χ2n) is 11.4. The molecule has 1 spiro atoms.